The molecule has 3 heterocycles. The lowest BCUT2D eigenvalue weighted by molar-refractivity contribution is 0.0336. The highest BCUT2D eigenvalue weighted by atomic mass is 16.5. The van der Waals surface area contributed by atoms with Crippen LogP contribution in [0.15, 0.2) is 18.3 Å². The van der Waals surface area contributed by atoms with Crippen molar-refractivity contribution in [1.82, 2.24) is 30.5 Å². The van der Waals surface area contributed by atoms with Gasteiger partial charge in [0.15, 0.2) is 0 Å². The molecule has 0 aliphatic carbocycles. The monoisotopic (exact) mass is 317 g/mol. The Bertz CT molecular complexity index is 670. The number of ether oxygens (including phenoxy) is 1. The number of aromatic nitrogens is 5. The molecular formula is C14H19N7O2. The maximum absolute atomic E-state index is 11.8. The van der Waals surface area contributed by atoms with E-state index in [0.717, 1.165) is 12.4 Å². The predicted octanol–water partition coefficient (Wildman–Crippen LogP) is -0.0673. The zero-order chi connectivity index (χ0) is 16.2. The van der Waals surface area contributed by atoms with Crippen LogP contribution < -0.4 is 10.2 Å². The molecular weight excluding hydrogens is 298 g/mol. The van der Waals surface area contributed by atoms with E-state index in [-0.39, 0.29) is 12.0 Å². The van der Waals surface area contributed by atoms with Gasteiger partial charge in [-0.05, 0) is 24.3 Å². The summed E-state index contributed by atoms with van der Waals surface area (Å²) in [5.41, 5.74) is 0.552. The van der Waals surface area contributed by atoms with E-state index >= 15 is 0 Å². The summed E-state index contributed by atoms with van der Waals surface area (Å²) in [6, 6.07) is 3.62. The highest BCUT2D eigenvalue weighted by molar-refractivity contribution is 5.93. The van der Waals surface area contributed by atoms with Crippen molar-refractivity contribution in [2.75, 3.05) is 31.1 Å². The van der Waals surface area contributed by atoms with E-state index in [4.69, 9.17) is 4.74 Å². The van der Waals surface area contributed by atoms with Crippen molar-refractivity contribution in [3.8, 4) is 0 Å². The van der Waals surface area contributed by atoms with E-state index in [2.05, 4.69) is 30.6 Å². The summed E-state index contributed by atoms with van der Waals surface area (Å²) in [4.78, 5) is 19.7. The van der Waals surface area contributed by atoms with E-state index in [1.54, 1.807) is 19.3 Å². The van der Waals surface area contributed by atoms with E-state index < -0.39 is 0 Å². The number of morpholine rings is 1. The zero-order valence-corrected chi connectivity index (χ0v) is 13.1. The van der Waals surface area contributed by atoms with Gasteiger partial charge in [0.05, 0.1) is 25.8 Å². The standard InChI is InChI=1S/C14H19N7O2/c1-3-15-14(22)10-4-5-12(16-8-10)21-6-7-23-11(9-21)13-17-19-20(2)18-13/h4-5,8,11H,3,6-7,9H2,1-2H3,(H,15,22). The van der Waals surface area contributed by atoms with Crippen LogP contribution in [-0.4, -0.2) is 57.3 Å². The fourth-order valence-electron chi connectivity index (χ4n) is 2.41. The van der Waals surface area contributed by atoms with Crippen LogP contribution in [0.5, 0.6) is 0 Å². The second kappa shape index (κ2) is 6.69. The molecule has 1 amide bonds. The third-order valence-electron chi connectivity index (χ3n) is 3.55. The van der Waals surface area contributed by atoms with Gasteiger partial charge in [-0.1, -0.05) is 0 Å². The fraction of sp³-hybridized carbons (Fsp3) is 0.500. The highest BCUT2D eigenvalue weighted by Gasteiger charge is 2.26. The Hall–Kier alpha value is -2.55. The summed E-state index contributed by atoms with van der Waals surface area (Å²) in [6.07, 6.45) is 1.35. The van der Waals surface area contributed by atoms with Crippen LogP contribution in [0.4, 0.5) is 5.82 Å². The molecule has 23 heavy (non-hydrogen) atoms. The number of hydrogen-bond donors (Lipinski definition) is 1. The number of amides is 1. The van der Waals surface area contributed by atoms with Gasteiger partial charge in [-0.3, -0.25) is 4.79 Å². The molecule has 0 bridgehead atoms. The molecule has 9 heteroatoms. The first-order chi connectivity index (χ1) is 11.2. The molecule has 1 aliphatic rings. The number of anilines is 1. The minimum absolute atomic E-state index is 0.116. The third kappa shape index (κ3) is 3.45. The molecule has 0 spiro atoms. The van der Waals surface area contributed by atoms with E-state index in [1.165, 1.54) is 4.80 Å². The van der Waals surface area contributed by atoms with Crippen LogP contribution in [0.2, 0.25) is 0 Å². The molecule has 1 saturated heterocycles. The van der Waals surface area contributed by atoms with Gasteiger partial charge in [-0.25, -0.2) is 4.98 Å². The Kier molecular flexibility index (Phi) is 4.47. The predicted molar refractivity (Wildman–Crippen MR) is 81.9 cm³/mol. The van der Waals surface area contributed by atoms with Crippen molar-refractivity contribution in [2.24, 2.45) is 7.05 Å². The van der Waals surface area contributed by atoms with Crippen LogP contribution in [0.1, 0.15) is 29.2 Å². The zero-order valence-electron chi connectivity index (χ0n) is 13.1. The van der Waals surface area contributed by atoms with Crippen molar-refractivity contribution in [1.29, 1.82) is 0 Å². The Labute approximate surface area is 133 Å². The van der Waals surface area contributed by atoms with Crippen molar-refractivity contribution >= 4 is 11.7 Å². The topological polar surface area (TPSA) is 98.1 Å². The smallest absolute Gasteiger partial charge is 0.252 e. The Morgan fingerprint density at radius 1 is 1.48 bits per heavy atom. The largest absolute Gasteiger partial charge is 0.366 e. The number of tetrazole rings is 1. The van der Waals surface area contributed by atoms with Crippen molar-refractivity contribution < 1.29 is 9.53 Å². The minimum atomic E-state index is -0.234. The molecule has 1 fully saturated rings. The number of aryl methyl sites for hydroxylation is 1. The average Bonchev–Trinajstić information content (AvgIpc) is 3.02. The summed E-state index contributed by atoms with van der Waals surface area (Å²) in [7, 11) is 1.72. The molecule has 2 aromatic rings. The maximum atomic E-state index is 11.8. The molecule has 0 aromatic carbocycles. The fourth-order valence-corrected chi connectivity index (χ4v) is 2.41. The lowest BCUT2D eigenvalue weighted by Gasteiger charge is -2.32. The first kappa shape index (κ1) is 15.3. The Morgan fingerprint density at radius 3 is 3.00 bits per heavy atom. The van der Waals surface area contributed by atoms with Crippen LogP contribution in [0.3, 0.4) is 0 Å². The second-order valence-corrected chi connectivity index (χ2v) is 5.21. The van der Waals surface area contributed by atoms with Crippen molar-refractivity contribution in [3.63, 3.8) is 0 Å². The van der Waals surface area contributed by atoms with Gasteiger partial charge >= 0.3 is 0 Å². The summed E-state index contributed by atoms with van der Waals surface area (Å²) in [6.45, 7) is 4.36. The number of pyridine rings is 1. The number of carbonyl (C=O) groups is 1. The number of rotatable bonds is 4. The van der Waals surface area contributed by atoms with Gasteiger partial charge in [0.2, 0.25) is 5.82 Å². The number of nitrogens with one attached hydrogen (secondary N) is 1. The van der Waals surface area contributed by atoms with Crippen LogP contribution >= 0.6 is 0 Å². The normalized spacial score (nSPS) is 18.0. The van der Waals surface area contributed by atoms with Crippen LogP contribution in [0, 0.1) is 0 Å². The molecule has 1 atom stereocenters. The molecule has 1 aliphatic heterocycles. The molecule has 1 unspecified atom stereocenters. The number of nitrogens with zero attached hydrogens (tertiary/aromatic N) is 6. The van der Waals surface area contributed by atoms with Gasteiger partial charge in [0.25, 0.3) is 5.91 Å². The Morgan fingerprint density at radius 2 is 2.35 bits per heavy atom. The molecule has 1 N–H and O–H groups in total. The molecule has 9 nitrogen and oxygen atoms in total. The SMILES string of the molecule is CCNC(=O)c1ccc(N2CCOC(c3nnn(C)n3)C2)nc1. The van der Waals surface area contributed by atoms with Gasteiger partial charge in [0.1, 0.15) is 11.9 Å². The minimum Gasteiger partial charge on any atom is -0.366 e. The molecule has 0 radical (unpaired) electrons. The van der Waals surface area contributed by atoms with Crippen molar-refractivity contribution in [3.05, 3.63) is 29.7 Å². The molecule has 0 saturated carbocycles. The number of hydrogen-bond acceptors (Lipinski definition) is 7. The highest BCUT2D eigenvalue weighted by Crippen LogP contribution is 2.22. The molecule has 3 rings (SSSR count). The van der Waals surface area contributed by atoms with Crippen LogP contribution in [-0.2, 0) is 11.8 Å². The average molecular weight is 317 g/mol. The summed E-state index contributed by atoms with van der Waals surface area (Å²) < 4.78 is 5.71. The lowest BCUT2D eigenvalue weighted by atomic mass is 10.2. The van der Waals surface area contributed by atoms with Gasteiger partial charge < -0.3 is 15.0 Å². The summed E-state index contributed by atoms with van der Waals surface area (Å²) in [5.74, 6) is 1.25. The molecule has 2 aromatic heterocycles. The van der Waals surface area contributed by atoms with Gasteiger partial charge in [-0.2, -0.15) is 4.80 Å². The van der Waals surface area contributed by atoms with Crippen molar-refractivity contribution in [2.45, 2.75) is 13.0 Å². The third-order valence-corrected chi connectivity index (χ3v) is 3.55. The lowest BCUT2D eigenvalue weighted by Crippen LogP contribution is -2.39. The van der Waals surface area contributed by atoms with E-state index in [9.17, 15) is 4.79 Å². The quantitative estimate of drug-likeness (QED) is 0.843. The Balaban J connectivity index is 1.70. The van der Waals surface area contributed by atoms with Gasteiger partial charge in [-0.15, -0.1) is 10.2 Å². The maximum Gasteiger partial charge on any atom is 0.252 e. The van der Waals surface area contributed by atoms with E-state index in [0.29, 0.717) is 31.1 Å². The molecule has 122 valence electrons. The number of carbonyl (C=O) groups excluding carboxylic acids is 1. The van der Waals surface area contributed by atoms with Crippen LogP contribution in [0.25, 0.3) is 0 Å². The summed E-state index contributed by atoms with van der Waals surface area (Å²) in [5, 5.41) is 14.8. The van der Waals surface area contributed by atoms with E-state index in [1.807, 2.05) is 13.0 Å². The second-order valence-electron chi connectivity index (χ2n) is 5.21. The first-order valence-corrected chi connectivity index (χ1v) is 7.52. The van der Waals surface area contributed by atoms with Gasteiger partial charge in [0, 0.05) is 19.3 Å². The summed E-state index contributed by atoms with van der Waals surface area (Å²) >= 11 is 0. The first-order valence-electron chi connectivity index (χ1n) is 7.52.